The van der Waals surface area contributed by atoms with Crippen molar-refractivity contribution in [1.29, 1.82) is 0 Å². The second-order valence-corrected chi connectivity index (χ2v) is 7.89. The molecule has 0 aromatic rings. The molecular weight excluding hydrogens is 362 g/mol. The van der Waals surface area contributed by atoms with Gasteiger partial charge in [0, 0.05) is 19.0 Å². The number of cyclic esters (lactones) is 1. The third-order valence-corrected chi connectivity index (χ3v) is 5.59. The van der Waals surface area contributed by atoms with Gasteiger partial charge in [0.1, 0.15) is 12.0 Å². The first kappa shape index (κ1) is 21.9. The normalized spacial score (nSPS) is 28.6. The second kappa shape index (κ2) is 9.21. The Morgan fingerprint density at radius 1 is 1.29 bits per heavy atom. The van der Waals surface area contributed by atoms with Gasteiger partial charge in [-0.3, -0.25) is 19.2 Å². The van der Waals surface area contributed by atoms with Crippen LogP contribution in [-0.4, -0.2) is 47.9 Å². The van der Waals surface area contributed by atoms with Gasteiger partial charge in [0.15, 0.2) is 6.10 Å². The molecule has 156 valence electrons. The predicted molar refractivity (Wildman–Crippen MR) is 103 cm³/mol. The van der Waals surface area contributed by atoms with Gasteiger partial charge in [-0.1, -0.05) is 26.3 Å². The quantitative estimate of drug-likeness (QED) is 0.373. The molecule has 1 aliphatic carbocycles. The Hall–Kier alpha value is -2.38. The summed E-state index contributed by atoms with van der Waals surface area (Å²) >= 11 is 0. The lowest BCUT2D eigenvalue weighted by atomic mass is 9.83. The number of rotatable bonds is 10. The van der Waals surface area contributed by atoms with Crippen molar-refractivity contribution < 1.29 is 23.9 Å². The summed E-state index contributed by atoms with van der Waals surface area (Å²) in [7, 11) is 0. The first-order valence-electron chi connectivity index (χ1n) is 9.88. The van der Waals surface area contributed by atoms with E-state index in [-0.39, 0.29) is 53.5 Å². The van der Waals surface area contributed by atoms with Gasteiger partial charge in [-0.05, 0) is 31.6 Å². The van der Waals surface area contributed by atoms with Crippen molar-refractivity contribution in [2.24, 2.45) is 17.8 Å². The Morgan fingerprint density at radius 2 is 1.96 bits per heavy atom. The fraction of sp³-hybridized carbons (Fsp3) is 0.700. The molecule has 3 N–H and O–H groups in total. The van der Waals surface area contributed by atoms with E-state index < -0.39 is 12.1 Å². The van der Waals surface area contributed by atoms with Gasteiger partial charge in [-0.25, -0.2) is 0 Å². The molecule has 0 aromatic carbocycles. The van der Waals surface area contributed by atoms with E-state index in [9.17, 15) is 19.2 Å². The van der Waals surface area contributed by atoms with Gasteiger partial charge in [0.05, 0.1) is 0 Å². The van der Waals surface area contributed by atoms with Crippen LogP contribution in [0.5, 0.6) is 0 Å². The molecule has 3 amide bonds. The summed E-state index contributed by atoms with van der Waals surface area (Å²) in [5.74, 6) is -1.12. The number of amides is 3. The Balaban J connectivity index is 1.77. The smallest absolute Gasteiger partial charge is 0.314 e. The minimum Gasteiger partial charge on any atom is -0.451 e. The van der Waals surface area contributed by atoms with E-state index in [1.807, 2.05) is 13.8 Å². The number of carbonyl (C=O) groups excluding carboxylic acids is 4. The molecular formula is C20H31N3O5. The van der Waals surface area contributed by atoms with E-state index in [0.29, 0.717) is 6.42 Å². The number of hydrogen-bond acceptors (Lipinski definition) is 5. The van der Waals surface area contributed by atoms with Crippen LogP contribution in [0, 0.1) is 17.8 Å². The topological polar surface area (TPSA) is 114 Å². The molecule has 2 aliphatic rings. The van der Waals surface area contributed by atoms with E-state index in [1.165, 1.54) is 6.92 Å². The molecule has 8 nitrogen and oxygen atoms in total. The van der Waals surface area contributed by atoms with Crippen molar-refractivity contribution in [3.8, 4) is 0 Å². The van der Waals surface area contributed by atoms with E-state index in [0.717, 1.165) is 12.8 Å². The van der Waals surface area contributed by atoms with E-state index in [1.54, 1.807) is 13.0 Å². The molecule has 0 spiro atoms. The summed E-state index contributed by atoms with van der Waals surface area (Å²) in [6, 6.07) is -0.859. The standard InChI is InChI=1S/C20H31N3O5/c1-6-10(3)16-17(28-20(16)27)19(26)23-15-9-13(15)8-14(7-2)22-18(25)11(4)21-12(5)24/h7,10-11,13-17H,2,6,8-9H2,1,3-5H3,(H,21,24)(H,22,25)(H,23,26)/t10-,11-,13+,14+,15-,16-,17+/m0/s1. The molecule has 0 aromatic heterocycles. The van der Waals surface area contributed by atoms with Gasteiger partial charge in [0.25, 0.3) is 5.91 Å². The van der Waals surface area contributed by atoms with Crippen LogP contribution in [-0.2, 0) is 23.9 Å². The first-order valence-corrected chi connectivity index (χ1v) is 9.88. The van der Waals surface area contributed by atoms with Crippen molar-refractivity contribution in [2.45, 2.75) is 71.2 Å². The summed E-state index contributed by atoms with van der Waals surface area (Å²) < 4.78 is 5.05. The highest BCUT2D eigenvalue weighted by Gasteiger charge is 2.51. The van der Waals surface area contributed by atoms with Crippen LogP contribution >= 0.6 is 0 Å². The van der Waals surface area contributed by atoms with Crippen LogP contribution in [0.25, 0.3) is 0 Å². The minimum absolute atomic E-state index is 0.0107. The highest BCUT2D eigenvalue weighted by atomic mass is 16.6. The van der Waals surface area contributed by atoms with Crippen LogP contribution in [0.1, 0.15) is 47.0 Å². The van der Waals surface area contributed by atoms with Crippen LogP contribution in [0.4, 0.5) is 0 Å². The summed E-state index contributed by atoms with van der Waals surface area (Å²) in [5, 5.41) is 8.33. The molecule has 28 heavy (non-hydrogen) atoms. The van der Waals surface area contributed by atoms with Gasteiger partial charge in [-0.2, -0.15) is 0 Å². The zero-order valence-electron chi connectivity index (χ0n) is 17.0. The number of esters is 1. The molecule has 1 saturated carbocycles. The van der Waals surface area contributed by atoms with Crippen LogP contribution in [0.3, 0.4) is 0 Å². The molecule has 8 heteroatoms. The van der Waals surface area contributed by atoms with E-state index >= 15 is 0 Å². The Kier molecular flexibility index (Phi) is 7.21. The Bertz CT molecular complexity index is 650. The lowest BCUT2D eigenvalue weighted by Crippen LogP contribution is -2.56. The number of nitrogens with one attached hydrogen (secondary N) is 3. The molecule has 2 fully saturated rings. The summed E-state index contributed by atoms with van der Waals surface area (Å²) in [6.45, 7) is 10.7. The number of carbonyl (C=O) groups is 4. The highest BCUT2D eigenvalue weighted by Crippen LogP contribution is 2.37. The monoisotopic (exact) mass is 393 g/mol. The average molecular weight is 393 g/mol. The van der Waals surface area contributed by atoms with Crippen molar-refractivity contribution >= 4 is 23.7 Å². The largest absolute Gasteiger partial charge is 0.451 e. The van der Waals surface area contributed by atoms with Crippen molar-refractivity contribution in [3.63, 3.8) is 0 Å². The SMILES string of the molecule is C=C[C@H](C[C@@H]1C[C@@H]1NC(=O)[C@@H]1OC(=O)[C@H]1[C@@H](C)CC)NC(=O)[C@H](C)NC(C)=O. The zero-order chi connectivity index (χ0) is 21.0. The zero-order valence-corrected chi connectivity index (χ0v) is 17.0. The van der Waals surface area contributed by atoms with Crippen LogP contribution < -0.4 is 16.0 Å². The predicted octanol–water partition coefficient (Wildman–Crippen LogP) is 0.664. The van der Waals surface area contributed by atoms with Crippen molar-refractivity contribution in [1.82, 2.24) is 16.0 Å². The maximum atomic E-state index is 12.4. The molecule has 2 rings (SSSR count). The van der Waals surface area contributed by atoms with Crippen LogP contribution in [0.2, 0.25) is 0 Å². The lowest BCUT2D eigenvalue weighted by molar-refractivity contribution is -0.193. The first-order chi connectivity index (χ1) is 13.2. The van der Waals surface area contributed by atoms with Crippen molar-refractivity contribution in [3.05, 3.63) is 12.7 Å². The third-order valence-electron chi connectivity index (χ3n) is 5.59. The maximum Gasteiger partial charge on any atom is 0.314 e. The highest BCUT2D eigenvalue weighted by molar-refractivity contribution is 5.94. The Morgan fingerprint density at radius 3 is 2.50 bits per heavy atom. The molecule has 0 bridgehead atoms. The number of ether oxygens (including phenoxy) is 1. The molecule has 1 aliphatic heterocycles. The van der Waals surface area contributed by atoms with Crippen molar-refractivity contribution in [2.75, 3.05) is 0 Å². The number of hydrogen-bond donors (Lipinski definition) is 3. The molecule has 1 saturated heterocycles. The second-order valence-electron chi connectivity index (χ2n) is 7.89. The average Bonchev–Trinajstić information content (AvgIpc) is 3.34. The molecule has 7 atom stereocenters. The lowest BCUT2D eigenvalue weighted by Gasteiger charge is -2.37. The molecule has 1 heterocycles. The van der Waals surface area contributed by atoms with Gasteiger partial charge < -0.3 is 20.7 Å². The summed E-state index contributed by atoms with van der Waals surface area (Å²) in [5.41, 5.74) is 0. The molecule has 0 unspecified atom stereocenters. The fourth-order valence-corrected chi connectivity index (χ4v) is 3.50. The van der Waals surface area contributed by atoms with Gasteiger partial charge in [-0.15, -0.1) is 6.58 Å². The molecule has 0 radical (unpaired) electrons. The van der Waals surface area contributed by atoms with Crippen LogP contribution in [0.15, 0.2) is 12.7 Å². The maximum absolute atomic E-state index is 12.4. The van der Waals surface area contributed by atoms with E-state index in [2.05, 4.69) is 22.5 Å². The third kappa shape index (κ3) is 5.33. The minimum atomic E-state index is -0.697. The van der Waals surface area contributed by atoms with Gasteiger partial charge in [0.2, 0.25) is 11.8 Å². The fourth-order valence-electron chi connectivity index (χ4n) is 3.50. The summed E-state index contributed by atoms with van der Waals surface area (Å²) in [6.07, 6.45) is 3.22. The van der Waals surface area contributed by atoms with E-state index in [4.69, 9.17) is 4.74 Å². The van der Waals surface area contributed by atoms with Gasteiger partial charge >= 0.3 is 5.97 Å². The summed E-state index contributed by atoms with van der Waals surface area (Å²) in [4.78, 5) is 47.2. The Labute approximate surface area is 165 Å².